The minimum absolute atomic E-state index is 0.00136. The van der Waals surface area contributed by atoms with Crippen molar-refractivity contribution < 1.29 is 14.7 Å². The van der Waals surface area contributed by atoms with Gasteiger partial charge in [0.05, 0.1) is 12.7 Å². The Labute approximate surface area is 118 Å². The van der Waals surface area contributed by atoms with Crippen LogP contribution in [0.5, 0.6) is 0 Å². The Kier molecular flexibility index (Phi) is 4.12. The lowest BCUT2D eigenvalue weighted by molar-refractivity contribution is -0.137. The van der Waals surface area contributed by atoms with Gasteiger partial charge in [0, 0.05) is 5.69 Å². The third-order valence-corrected chi connectivity index (χ3v) is 2.61. The first kappa shape index (κ1) is 14.4. The van der Waals surface area contributed by atoms with Crippen LogP contribution in [-0.2, 0) is 17.9 Å². The minimum Gasteiger partial charge on any atom is -0.480 e. The highest BCUT2D eigenvalue weighted by atomic mass is 16.4. The number of amides is 1. The zero-order valence-corrected chi connectivity index (χ0v) is 11.2. The second-order valence-corrected chi connectivity index (χ2v) is 4.37. The van der Waals surface area contributed by atoms with Crippen molar-refractivity contribution in [3.05, 3.63) is 45.6 Å². The van der Waals surface area contributed by atoms with Crippen molar-refractivity contribution >= 4 is 11.9 Å². The molecule has 110 valence electrons. The third kappa shape index (κ3) is 3.75. The quantitative estimate of drug-likeness (QED) is 0.667. The number of nitrogens with zero attached hydrogens (tertiary/aromatic N) is 3. The first-order chi connectivity index (χ1) is 9.95. The first-order valence-electron chi connectivity index (χ1n) is 6.04. The van der Waals surface area contributed by atoms with Gasteiger partial charge in [-0.05, 0) is 19.1 Å². The summed E-state index contributed by atoms with van der Waals surface area (Å²) in [4.78, 5) is 36.5. The number of hydrogen-bond acceptors (Lipinski definition) is 5. The molecule has 0 aromatic carbocycles. The van der Waals surface area contributed by atoms with Crippen LogP contribution in [0.1, 0.15) is 21.7 Å². The van der Waals surface area contributed by atoms with Crippen molar-refractivity contribution in [2.45, 2.75) is 20.0 Å². The summed E-state index contributed by atoms with van der Waals surface area (Å²) in [6.07, 6.45) is 1.41. The van der Waals surface area contributed by atoms with Gasteiger partial charge in [0.1, 0.15) is 17.8 Å². The molecule has 0 aliphatic rings. The fourth-order valence-corrected chi connectivity index (χ4v) is 1.65. The van der Waals surface area contributed by atoms with Gasteiger partial charge in [-0.3, -0.25) is 14.4 Å². The standard InChI is InChI=1S/C12H13N5O4/c1-7-2-3-9(12(21)14-7)11(20)13-4-8-5-17(16-15-8)6-10(18)19/h2-3,5H,4,6H2,1H3,(H,13,20)(H,14,21)(H,18,19). The SMILES string of the molecule is Cc1ccc(C(=O)NCc2cn(CC(=O)O)nn2)c(=O)[nH]1. The fourth-order valence-electron chi connectivity index (χ4n) is 1.65. The molecule has 0 atom stereocenters. The largest absolute Gasteiger partial charge is 0.480 e. The number of aryl methyl sites for hydroxylation is 1. The van der Waals surface area contributed by atoms with Crippen molar-refractivity contribution in [2.75, 3.05) is 0 Å². The van der Waals surface area contributed by atoms with E-state index in [0.29, 0.717) is 11.4 Å². The number of H-pyrrole nitrogens is 1. The number of aromatic nitrogens is 4. The van der Waals surface area contributed by atoms with Crippen molar-refractivity contribution in [1.29, 1.82) is 0 Å². The number of rotatable bonds is 5. The number of carboxylic acid groups (broad SMARTS) is 1. The lowest BCUT2D eigenvalue weighted by atomic mass is 10.2. The summed E-state index contributed by atoms with van der Waals surface area (Å²) in [5, 5.41) is 18.4. The Morgan fingerprint density at radius 3 is 2.86 bits per heavy atom. The van der Waals surface area contributed by atoms with Gasteiger partial charge in [-0.2, -0.15) is 0 Å². The maximum Gasteiger partial charge on any atom is 0.325 e. The van der Waals surface area contributed by atoms with E-state index in [-0.39, 0.29) is 18.7 Å². The van der Waals surface area contributed by atoms with E-state index in [1.165, 1.54) is 12.3 Å². The number of aromatic amines is 1. The molecule has 0 fully saturated rings. The summed E-state index contributed by atoms with van der Waals surface area (Å²) in [7, 11) is 0. The van der Waals surface area contributed by atoms with Crippen LogP contribution in [0.3, 0.4) is 0 Å². The van der Waals surface area contributed by atoms with Crippen molar-refractivity contribution in [3.8, 4) is 0 Å². The highest BCUT2D eigenvalue weighted by molar-refractivity contribution is 5.93. The molecule has 0 bridgehead atoms. The van der Waals surface area contributed by atoms with Gasteiger partial charge in [-0.1, -0.05) is 5.21 Å². The highest BCUT2D eigenvalue weighted by Gasteiger charge is 2.11. The molecule has 3 N–H and O–H groups in total. The lowest BCUT2D eigenvalue weighted by Gasteiger charge is -2.02. The minimum atomic E-state index is -1.04. The van der Waals surface area contributed by atoms with Crippen LogP contribution in [-0.4, -0.2) is 37.0 Å². The zero-order valence-electron chi connectivity index (χ0n) is 11.2. The first-order valence-corrected chi connectivity index (χ1v) is 6.04. The Morgan fingerprint density at radius 1 is 1.43 bits per heavy atom. The van der Waals surface area contributed by atoms with Crippen molar-refractivity contribution in [2.24, 2.45) is 0 Å². The van der Waals surface area contributed by atoms with Gasteiger partial charge >= 0.3 is 5.97 Å². The van der Waals surface area contributed by atoms with Crippen molar-refractivity contribution in [3.63, 3.8) is 0 Å². The summed E-state index contributed by atoms with van der Waals surface area (Å²) >= 11 is 0. The van der Waals surface area contributed by atoms with Gasteiger partial charge in [0.2, 0.25) is 0 Å². The molecule has 0 aliphatic heterocycles. The molecule has 0 saturated carbocycles. The van der Waals surface area contributed by atoms with E-state index in [4.69, 9.17) is 5.11 Å². The maximum absolute atomic E-state index is 11.9. The molecule has 1 amide bonds. The summed E-state index contributed by atoms with van der Waals surface area (Å²) in [6, 6.07) is 3.06. The molecule has 0 unspecified atom stereocenters. The molecule has 2 rings (SSSR count). The number of carboxylic acids is 1. The predicted octanol–water partition coefficient (Wildman–Crippen LogP) is -0.711. The normalized spacial score (nSPS) is 10.3. The predicted molar refractivity (Wildman–Crippen MR) is 70.6 cm³/mol. The van der Waals surface area contributed by atoms with E-state index in [1.54, 1.807) is 13.0 Å². The average molecular weight is 291 g/mol. The topological polar surface area (TPSA) is 130 Å². The lowest BCUT2D eigenvalue weighted by Crippen LogP contribution is -2.29. The summed E-state index contributed by atoms with van der Waals surface area (Å²) in [5.74, 6) is -1.58. The highest BCUT2D eigenvalue weighted by Crippen LogP contribution is 1.96. The Balaban J connectivity index is 1.99. The smallest absolute Gasteiger partial charge is 0.325 e. The summed E-state index contributed by atoms with van der Waals surface area (Å²) < 4.78 is 1.14. The van der Waals surface area contributed by atoms with Gasteiger partial charge in [-0.25, -0.2) is 4.68 Å². The number of hydrogen-bond donors (Lipinski definition) is 3. The molecular weight excluding hydrogens is 278 g/mol. The van der Waals surface area contributed by atoms with E-state index >= 15 is 0 Å². The van der Waals surface area contributed by atoms with E-state index < -0.39 is 17.4 Å². The van der Waals surface area contributed by atoms with Crippen molar-refractivity contribution in [1.82, 2.24) is 25.3 Å². The van der Waals surface area contributed by atoms with Gasteiger partial charge in [0.25, 0.3) is 11.5 Å². The number of pyridine rings is 1. The van der Waals surface area contributed by atoms with E-state index in [0.717, 1.165) is 4.68 Å². The zero-order chi connectivity index (χ0) is 15.4. The van der Waals surface area contributed by atoms with E-state index in [9.17, 15) is 14.4 Å². The van der Waals surface area contributed by atoms with Crippen LogP contribution in [0, 0.1) is 6.92 Å². The molecule has 0 spiro atoms. The molecule has 21 heavy (non-hydrogen) atoms. The Bertz CT molecular complexity index is 733. The molecule has 9 heteroatoms. The molecule has 9 nitrogen and oxygen atoms in total. The number of carbonyl (C=O) groups excluding carboxylic acids is 1. The average Bonchev–Trinajstić information content (AvgIpc) is 2.82. The Morgan fingerprint density at radius 2 is 2.19 bits per heavy atom. The molecule has 2 heterocycles. The molecule has 2 aromatic rings. The van der Waals surface area contributed by atoms with Crippen LogP contribution < -0.4 is 10.9 Å². The molecule has 2 aromatic heterocycles. The number of nitrogens with one attached hydrogen (secondary N) is 2. The Hall–Kier alpha value is -2.97. The van der Waals surface area contributed by atoms with E-state index in [2.05, 4.69) is 20.6 Å². The molecule has 0 radical (unpaired) electrons. The van der Waals surface area contributed by atoms with Gasteiger partial charge < -0.3 is 15.4 Å². The second kappa shape index (κ2) is 5.99. The van der Waals surface area contributed by atoms with E-state index in [1.807, 2.05) is 0 Å². The van der Waals surface area contributed by atoms with Crippen LogP contribution >= 0.6 is 0 Å². The van der Waals surface area contributed by atoms with Crippen LogP contribution in [0.25, 0.3) is 0 Å². The van der Waals surface area contributed by atoms with Crippen LogP contribution in [0.4, 0.5) is 0 Å². The van der Waals surface area contributed by atoms with Gasteiger partial charge in [0.15, 0.2) is 0 Å². The monoisotopic (exact) mass is 291 g/mol. The second-order valence-electron chi connectivity index (χ2n) is 4.37. The fraction of sp³-hybridized carbons (Fsp3) is 0.250. The number of carbonyl (C=O) groups is 2. The molecule has 0 saturated heterocycles. The molecular formula is C12H13N5O4. The van der Waals surface area contributed by atoms with Crippen LogP contribution in [0.2, 0.25) is 0 Å². The van der Waals surface area contributed by atoms with Gasteiger partial charge in [-0.15, -0.1) is 5.10 Å². The third-order valence-electron chi connectivity index (χ3n) is 2.61. The number of aliphatic carboxylic acids is 1. The van der Waals surface area contributed by atoms with Crippen LogP contribution in [0.15, 0.2) is 23.1 Å². The molecule has 0 aliphatic carbocycles. The summed E-state index contributed by atoms with van der Waals surface area (Å²) in [5.41, 5.74) is 0.585. The maximum atomic E-state index is 11.9. The summed E-state index contributed by atoms with van der Waals surface area (Å²) in [6.45, 7) is 1.45.